The van der Waals surface area contributed by atoms with Gasteiger partial charge in [0.05, 0.1) is 30.0 Å². The Bertz CT molecular complexity index is 1990. The highest BCUT2D eigenvalue weighted by molar-refractivity contribution is 9.10. The number of nitrogens with two attached hydrogens (primary N) is 2. The number of halogens is 1. The molecule has 15 nitrogen and oxygen atoms in total. The third-order valence-electron chi connectivity index (χ3n) is 11.3. The summed E-state index contributed by atoms with van der Waals surface area (Å²) in [7, 11) is 0. The fourth-order valence-corrected chi connectivity index (χ4v) is 9.55. The largest absolute Gasteiger partial charge is 0.381 e. The Morgan fingerprint density at radius 1 is 1.00 bits per heavy atom. The zero-order chi connectivity index (χ0) is 37.0. The molecule has 0 radical (unpaired) electrons. The maximum atomic E-state index is 13.4. The average Bonchev–Trinajstić information content (AvgIpc) is 3.56. The molecule has 278 valence electrons. The summed E-state index contributed by atoms with van der Waals surface area (Å²) in [5, 5.41) is 2.88. The molecular weight excluding hydrogens is 764 g/mol. The van der Waals surface area contributed by atoms with Crippen molar-refractivity contribution >= 4 is 68.8 Å². The van der Waals surface area contributed by atoms with E-state index in [9.17, 15) is 19.2 Å². The lowest BCUT2D eigenvalue weighted by Gasteiger charge is -2.41. The number of ether oxygens (including phenoxy) is 1. The number of benzene rings is 1. The summed E-state index contributed by atoms with van der Waals surface area (Å²) in [5.74, 6) is -0.0521. The molecule has 4 fully saturated rings. The van der Waals surface area contributed by atoms with Crippen LogP contribution in [0.2, 0.25) is 0 Å². The lowest BCUT2D eigenvalue weighted by Crippen LogP contribution is -2.54. The van der Waals surface area contributed by atoms with E-state index in [1.165, 1.54) is 11.8 Å². The van der Waals surface area contributed by atoms with Gasteiger partial charge in [0, 0.05) is 79.3 Å². The van der Waals surface area contributed by atoms with Crippen molar-refractivity contribution in [1.29, 1.82) is 0 Å². The van der Waals surface area contributed by atoms with Gasteiger partial charge in [0.25, 0.3) is 11.8 Å². The van der Waals surface area contributed by atoms with Crippen molar-refractivity contribution in [2.24, 2.45) is 11.1 Å². The summed E-state index contributed by atoms with van der Waals surface area (Å²) >= 11 is 4.96. The van der Waals surface area contributed by atoms with Crippen molar-refractivity contribution in [2.45, 2.75) is 67.3 Å². The van der Waals surface area contributed by atoms with Crippen LogP contribution >= 0.6 is 27.7 Å². The molecule has 0 aliphatic carbocycles. The second kappa shape index (κ2) is 14.2. The molecule has 5 aliphatic rings. The van der Waals surface area contributed by atoms with E-state index >= 15 is 0 Å². The molecule has 5 aliphatic heterocycles. The Hall–Kier alpha value is -4.16. The number of carbonyl (C=O) groups excluding carboxylic acids is 4. The van der Waals surface area contributed by atoms with Gasteiger partial charge in [-0.2, -0.15) is 0 Å². The van der Waals surface area contributed by atoms with Crippen LogP contribution in [0, 0.1) is 5.41 Å². The van der Waals surface area contributed by atoms with Gasteiger partial charge in [-0.1, -0.05) is 11.8 Å². The van der Waals surface area contributed by atoms with E-state index in [4.69, 9.17) is 26.2 Å². The summed E-state index contributed by atoms with van der Waals surface area (Å²) in [6.45, 7) is 8.04. The van der Waals surface area contributed by atoms with Crippen LogP contribution in [0.4, 0.5) is 17.5 Å². The number of hydrogen-bond acceptors (Lipinski definition) is 14. The summed E-state index contributed by atoms with van der Waals surface area (Å²) in [4.78, 5) is 73.5. The summed E-state index contributed by atoms with van der Waals surface area (Å²) in [6, 6.07) is 6.63. The number of anilines is 3. The van der Waals surface area contributed by atoms with Gasteiger partial charge < -0.3 is 26.0 Å². The second-order valence-corrected chi connectivity index (χ2v) is 16.4. The molecule has 1 unspecified atom stereocenters. The summed E-state index contributed by atoms with van der Waals surface area (Å²) in [5.41, 5.74) is 14.4. The van der Waals surface area contributed by atoms with Gasteiger partial charge in [0.1, 0.15) is 22.7 Å². The highest BCUT2D eigenvalue weighted by Gasteiger charge is 2.48. The topological polar surface area (TPSA) is 193 Å². The average molecular weight is 806 g/mol. The minimum Gasteiger partial charge on any atom is -0.381 e. The molecule has 3 aromatic rings. The summed E-state index contributed by atoms with van der Waals surface area (Å²) in [6.07, 6.45) is 5.77. The number of hydrogen-bond donors (Lipinski definition) is 3. The van der Waals surface area contributed by atoms with E-state index in [2.05, 4.69) is 47.9 Å². The molecule has 53 heavy (non-hydrogen) atoms. The predicted octanol–water partition coefficient (Wildman–Crippen LogP) is 2.42. The smallest absolute Gasteiger partial charge is 0.263 e. The van der Waals surface area contributed by atoms with Crippen LogP contribution in [-0.2, 0) is 20.9 Å². The minimum atomic E-state index is -1.00. The molecule has 3 atom stereocenters. The lowest BCUT2D eigenvalue weighted by atomic mass is 9.73. The van der Waals surface area contributed by atoms with Crippen LogP contribution < -0.4 is 26.6 Å². The van der Waals surface area contributed by atoms with Crippen molar-refractivity contribution in [3.05, 3.63) is 57.8 Å². The van der Waals surface area contributed by atoms with E-state index in [1.54, 1.807) is 18.5 Å². The van der Waals surface area contributed by atoms with Crippen LogP contribution in [0.3, 0.4) is 0 Å². The van der Waals surface area contributed by atoms with Crippen molar-refractivity contribution in [3.8, 4) is 0 Å². The van der Waals surface area contributed by atoms with Gasteiger partial charge in [-0.25, -0.2) is 15.0 Å². The fourth-order valence-electron chi connectivity index (χ4n) is 8.10. The first-order valence-electron chi connectivity index (χ1n) is 17.9. The molecule has 2 aromatic heterocycles. The number of carbonyl (C=O) groups is 4. The molecule has 4 saturated heterocycles. The standard InChI is InChI=1S/C36H41BrN10O5S/c1-20-30(38)36(19-52-20)5-8-45(9-6-36)27-17-41-33(31(39)42-27)53-22-4-7-40-26(16-22)46-12-10-44(11-13-46)18-21-14-23-29(24(37)15-21)35(51)47(34(23)50)25-2-3-28(48)43-32(25)49/h4,7,14-17,20,25,30H,2-3,5-6,8-13,18-19,38H2,1H3,(H2,39,42)(H,43,48,49)/t20-,25?,30+/m0/s1. The van der Waals surface area contributed by atoms with Gasteiger partial charge in [0.15, 0.2) is 5.82 Å². The third kappa shape index (κ3) is 6.77. The molecule has 17 heteroatoms. The van der Waals surface area contributed by atoms with Gasteiger partial charge in [-0.05, 0) is 71.9 Å². The second-order valence-electron chi connectivity index (χ2n) is 14.5. The molecule has 1 spiro atoms. The Morgan fingerprint density at radius 2 is 1.75 bits per heavy atom. The number of pyridine rings is 1. The van der Waals surface area contributed by atoms with Gasteiger partial charge in [0.2, 0.25) is 11.8 Å². The molecule has 7 heterocycles. The van der Waals surface area contributed by atoms with Gasteiger partial charge in [-0.15, -0.1) is 0 Å². The van der Waals surface area contributed by atoms with Crippen molar-refractivity contribution in [3.63, 3.8) is 0 Å². The van der Waals surface area contributed by atoms with Crippen LogP contribution in [-0.4, -0.2) is 112 Å². The lowest BCUT2D eigenvalue weighted by molar-refractivity contribution is -0.136. The van der Waals surface area contributed by atoms with E-state index < -0.39 is 29.7 Å². The number of aromatic nitrogens is 3. The number of nitrogen functional groups attached to an aromatic ring is 1. The van der Waals surface area contributed by atoms with Crippen LogP contribution in [0.1, 0.15) is 58.9 Å². The van der Waals surface area contributed by atoms with E-state index in [1.807, 2.05) is 18.2 Å². The maximum absolute atomic E-state index is 13.4. The number of nitrogens with one attached hydrogen (secondary N) is 1. The number of nitrogens with zero attached hydrogens (tertiary/aromatic N) is 7. The third-order valence-corrected chi connectivity index (χ3v) is 12.9. The van der Waals surface area contributed by atoms with Crippen LogP contribution in [0.5, 0.6) is 0 Å². The highest BCUT2D eigenvalue weighted by Crippen LogP contribution is 2.42. The normalized spacial score (nSPS) is 24.7. The first-order valence-corrected chi connectivity index (χ1v) is 19.5. The Labute approximate surface area is 319 Å². The number of amides is 4. The minimum absolute atomic E-state index is 0.0331. The van der Waals surface area contributed by atoms with Crippen LogP contribution in [0.15, 0.2) is 51.1 Å². The zero-order valence-corrected chi connectivity index (χ0v) is 31.7. The van der Waals surface area contributed by atoms with E-state index in [0.29, 0.717) is 28.5 Å². The predicted molar refractivity (Wildman–Crippen MR) is 200 cm³/mol. The zero-order valence-electron chi connectivity index (χ0n) is 29.3. The number of piperidine rings is 2. The number of rotatable bonds is 7. The van der Waals surface area contributed by atoms with Crippen molar-refractivity contribution in [1.82, 2.24) is 30.1 Å². The molecular formula is C36H41BrN10O5S. The molecule has 1 aromatic carbocycles. The molecule has 0 bridgehead atoms. The van der Waals surface area contributed by atoms with E-state index in [-0.39, 0.29) is 41.5 Å². The van der Waals surface area contributed by atoms with Crippen molar-refractivity contribution < 1.29 is 23.9 Å². The van der Waals surface area contributed by atoms with Gasteiger partial charge >= 0.3 is 0 Å². The maximum Gasteiger partial charge on any atom is 0.263 e. The van der Waals surface area contributed by atoms with Crippen molar-refractivity contribution in [2.75, 3.05) is 61.4 Å². The Morgan fingerprint density at radius 3 is 2.45 bits per heavy atom. The summed E-state index contributed by atoms with van der Waals surface area (Å²) < 4.78 is 6.38. The van der Waals surface area contributed by atoms with E-state index in [0.717, 1.165) is 79.1 Å². The first-order chi connectivity index (χ1) is 25.5. The molecule has 5 N–H and O–H groups in total. The number of piperazine rings is 1. The highest BCUT2D eigenvalue weighted by atomic mass is 79.9. The van der Waals surface area contributed by atoms with Gasteiger partial charge in [-0.3, -0.25) is 34.3 Å². The first kappa shape index (κ1) is 35.8. The fraction of sp³-hybridized carbons (Fsp3) is 0.472. The number of imide groups is 2. The Kier molecular flexibility index (Phi) is 9.63. The monoisotopic (exact) mass is 804 g/mol. The molecule has 0 saturated carbocycles. The quantitative estimate of drug-likeness (QED) is 0.295. The SMILES string of the molecule is C[C@@H]1OCC2(CCN(c3cnc(Sc4ccnc(N5CCN(Cc6cc(Br)c7c(c6)C(=O)N(C6CCC(=O)NC6=O)C7=O)CC5)c4)c(N)n3)CC2)[C@@H]1N. The molecule has 4 amide bonds. The number of fused-ring (bicyclic) bond motifs is 1. The van der Waals surface area contributed by atoms with Crippen LogP contribution in [0.25, 0.3) is 0 Å². The molecule has 8 rings (SSSR count). The Balaban J connectivity index is 0.866.